The predicted octanol–water partition coefficient (Wildman–Crippen LogP) is 0.597. The molecule has 1 aromatic carbocycles. The maximum Gasteiger partial charge on any atom is 0.238 e. The Morgan fingerprint density at radius 1 is 1.57 bits per heavy atom. The van der Waals surface area contributed by atoms with Crippen molar-refractivity contribution in [3.8, 4) is 0 Å². The van der Waals surface area contributed by atoms with Crippen molar-refractivity contribution in [3.05, 3.63) is 23.8 Å². The van der Waals surface area contributed by atoms with E-state index in [1.54, 1.807) is 0 Å². The van der Waals surface area contributed by atoms with Crippen LogP contribution in [0.2, 0.25) is 0 Å². The van der Waals surface area contributed by atoms with Gasteiger partial charge in [-0.05, 0) is 31.5 Å². The molecule has 0 spiro atoms. The summed E-state index contributed by atoms with van der Waals surface area (Å²) in [6.07, 6.45) is -0.224. The number of amides is 1. The number of morpholine rings is 1. The number of aryl methyl sites for hydroxylation is 1. The molecule has 1 aliphatic rings. The minimum atomic E-state index is -0.224. The van der Waals surface area contributed by atoms with Gasteiger partial charge in [-0.2, -0.15) is 0 Å². The van der Waals surface area contributed by atoms with E-state index < -0.39 is 0 Å². The Bertz CT molecular complexity index is 507. The molecule has 21 heavy (non-hydrogen) atoms. The molecule has 1 aliphatic heterocycles. The number of carbonyl (C=O) groups is 1. The number of hydrogen-bond donors (Lipinski definition) is 3. The number of nitrogens with one attached hydrogen (secondary N) is 1. The van der Waals surface area contributed by atoms with E-state index in [2.05, 4.69) is 5.32 Å². The Morgan fingerprint density at radius 3 is 3.00 bits per heavy atom. The van der Waals surface area contributed by atoms with E-state index in [4.69, 9.17) is 15.6 Å². The monoisotopic (exact) mass is 293 g/mol. The fourth-order valence-electron chi connectivity index (χ4n) is 2.38. The van der Waals surface area contributed by atoms with Crippen molar-refractivity contribution in [2.24, 2.45) is 0 Å². The molecule has 1 aromatic rings. The fourth-order valence-corrected chi connectivity index (χ4v) is 2.38. The molecule has 1 amide bonds. The second-order valence-corrected chi connectivity index (χ2v) is 5.56. The van der Waals surface area contributed by atoms with Crippen LogP contribution in [0.1, 0.15) is 12.5 Å². The van der Waals surface area contributed by atoms with Crippen LogP contribution in [0.25, 0.3) is 0 Å². The summed E-state index contributed by atoms with van der Waals surface area (Å²) < 4.78 is 5.46. The van der Waals surface area contributed by atoms with Crippen LogP contribution < -0.4 is 11.1 Å². The molecule has 6 heteroatoms. The van der Waals surface area contributed by atoms with Crippen LogP contribution in [0.15, 0.2) is 18.2 Å². The van der Waals surface area contributed by atoms with E-state index in [1.807, 2.05) is 36.9 Å². The standard InChI is InChI=1S/C15H23N3O3/c1-10-3-4-14(13(16)5-10)17-15(20)7-18-6-12(8-19)21-9-11(18)2/h3-5,11-12,19H,6-9,16H2,1-2H3,(H,17,20). The van der Waals surface area contributed by atoms with Gasteiger partial charge in [0.25, 0.3) is 0 Å². The highest BCUT2D eigenvalue weighted by Crippen LogP contribution is 2.19. The molecular formula is C15H23N3O3. The zero-order chi connectivity index (χ0) is 15.4. The lowest BCUT2D eigenvalue weighted by Gasteiger charge is -2.36. The molecule has 0 radical (unpaired) electrons. The SMILES string of the molecule is Cc1ccc(NC(=O)CN2CC(CO)OCC2C)c(N)c1. The van der Waals surface area contributed by atoms with Crippen molar-refractivity contribution in [2.45, 2.75) is 26.0 Å². The van der Waals surface area contributed by atoms with E-state index in [1.165, 1.54) is 0 Å². The summed E-state index contributed by atoms with van der Waals surface area (Å²) in [5.41, 5.74) is 8.14. The largest absolute Gasteiger partial charge is 0.397 e. The number of rotatable bonds is 4. The second kappa shape index (κ2) is 6.89. The molecule has 1 fully saturated rings. The molecule has 0 bridgehead atoms. The average molecular weight is 293 g/mol. The number of anilines is 2. The number of benzene rings is 1. The predicted molar refractivity (Wildman–Crippen MR) is 82.1 cm³/mol. The summed E-state index contributed by atoms with van der Waals surface area (Å²) in [6.45, 7) is 5.25. The number of hydrogen-bond acceptors (Lipinski definition) is 5. The molecule has 116 valence electrons. The van der Waals surface area contributed by atoms with Gasteiger partial charge in [0.05, 0.1) is 37.2 Å². The molecule has 0 saturated carbocycles. The third kappa shape index (κ3) is 4.17. The molecule has 2 unspecified atom stereocenters. The van der Waals surface area contributed by atoms with Gasteiger partial charge < -0.3 is 20.9 Å². The van der Waals surface area contributed by atoms with Crippen molar-refractivity contribution < 1.29 is 14.6 Å². The summed E-state index contributed by atoms with van der Waals surface area (Å²) in [5.74, 6) is -0.115. The van der Waals surface area contributed by atoms with Crippen LogP contribution in [-0.2, 0) is 9.53 Å². The highest BCUT2D eigenvalue weighted by atomic mass is 16.5. The van der Waals surface area contributed by atoms with Gasteiger partial charge in [-0.1, -0.05) is 6.07 Å². The number of nitrogen functional groups attached to an aromatic ring is 1. The number of carbonyl (C=O) groups excluding carboxylic acids is 1. The number of nitrogens with zero attached hydrogens (tertiary/aromatic N) is 1. The summed E-state index contributed by atoms with van der Waals surface area (Å²) >= 11 is 0. The summed E-state index contributed by atoms with van der Waals surface area (Å²) in [4.78, 5) is 14.2. The van der Waals surface area contributed by atoms with Gasteiger partial charge >= 0.3 is 0 Å². The van der Waals surface area contributed by atoms with Crippen LogP contribution in [0.4, 0.5) is 11.4 Å². The van der Waals surface area contributed by atoms with Gasteiger partial charge in [0.2, 0.25) is 5.91 Å². The van der Waals surface area contributed by atoms with Gasteiger partial charge in [-0.25, -0.2) is 0 Å². The molecular weight excluding hydrogens is 270 g/mol. The van der Waals surface area contributed by atoms with E-state index in [9.17, 15) is 4.79 Å². The van der Waals surface area contributed by atoms with Gasteiger partial charge in [0.15, 0.2) is 0 Å². The average Bonchev–Trinajstić information content (AvgIpc) is 2.44. The maximum absolute atomic E-state index is 12.1. The van der Waals surface area contributed by atoms with Crippen LogP contribution in [0.5, 0.6) is 0 Å². The minimum Gasteiger partial charge on any atom is -0.397 e. The van der Waals surface area contributed by atoms with Crippen LogP contribution in [-0.4, -0.2) is 54.4 Å². The Morgan fingerprint density at radius 2 is 2.33 bits per heavy atom. The van der Waals surface area contributed by atoms with E-state index >= 15 is 0 Å². The molecule has 2 atom stereocenters. The van der Waals surface area contributed by atoms with Crippen molar-refractivity contribution in [1.29, 1.82) is 0 Å². The highest BCUT2D eigenvalue weighted by Gasteiger charge is 2.27. The first kappa shape index (κ1) is 15.8. The zero-order valence-corrected chi connectivity index (χ0v) is 12.5. The topological polar surface area (TPSA) is 87.8 Å². The number of ether oxygens (including phenoxy) is 1. The summed E-state index contributed by atoms with van der Waals surface area (Å²) in [7, 11) is 0. The Balaban J connectivity index is 1.94. The highest BCUT2D eigenvalue weighted by molar-refractivity contribution is 5.95. The lowest BCUT2D eigenvalue weighted by Crippen LogP contribution is -2.51. The van der Waals surface area contributed by atoms with Crippen LogP contribution in [0, 0.1) is 6.92 Å². The normalized spacial score (nSPS) is 23.0. The number of aliphatic hydroxyl groups is 1. The quantitative estimate of drug-likeness (QED) is 0.708. The van der Waals surface area contributed by atoms with E-state index in [0.29, 0.717) is 24.5 Å². The van der Waals surface area contributed by atoms with Gasteiger partial charge in [-0.15, -0.1) is 0 Å². The summed E-state index contributed by atoms with van der Waals surface area (Å²) in [5, 5.41) is 12.0. The maximum atomic E-state index is 12.1. The first-order valence-electron chi connectivity index (χ1n) is 7.12. The first-order valence-corrected chi connectivity index (χ1v) is 7.12. The van der Waals surface area contributed by atoms with Crippen molar-refractivity contribution in [3.63, 3.8) is 0 Å². The molecule has 2 rings (SSSR count). The molecule has 4 N–H and O–H groups in total. The van der Waals surface area contributed by atoms with Gasteiger partial charge in [0.1, 0.15) is 0 Å². The van der Waals surface area contributed by atoms with Gasteiger partial charge in [-0.3, -0.25) is 9.69 Å². The number of aliphatic hydroxyl groups excluding tert-OH is 1. The molecule has 0 aliphatic carbocycles. The molecule has 1 saturated heterocycles. The third-order valence-corrected chi connectivity index (χ3v) is 3.67. The molecule has 1 heterocycles. The van der Waals surface area contributed by atoms with Gasteiger partial charge in [0, 0.05) is 12.6 Å². The van der Waals surface area contributed by atoms with Crippen LogP contribution in [0.3, 0.4) is 0 Å². The minimum absolute atomic E-state index is 0.0320. The Kier molecular flexibility index (Phi) is 5.17. The van der Waals surface area contributed by atoms with Crippen molar-refractivity contribution in [2.75, 3.05) is 37.4 Å². The Hall–Kier alpha value is -1.63. The van der Waals surface area contributed by atoms with Crippen LogP contribution >= 0.6 is 0 Å². The smallest absolute Gasteiger partial charge is 0.238 e. The number of nitrogens with two attached hydrogens (primary N) is 1. The van der Waals surface area contributed by atoms with E-state index in [0.717, 1.165) is 5.56 Å². The third-order valence-electron chi connectivity index (χ3n) is 3.67. The Labute approximate surface area is 124 Å². The molecule has 0 aromatic heterocycles. The van der Waals surface area contributed by atoms with E-state index in [-0.39, 0.29) is 31.2 Å². The van der Waals surface area contributed by atoms with Crippen molar-refractivity contribution in [1.82, 2.24) is 4.90 Å². The lowest BCUT2D eigenvalue weighted by molar-refractivity contribution is -0.122. The van der Waals surface area contributed by atoms with Crippen molar-refractivity contribution >= 4 is 17.3 Å². The molecule has 6 nitrogen and oxygen atoms in total. The second-order valence-electron chi connectivity index (χ2n) is 5.56. The summed E-state index contributed by atoms with van der Waals surface area (Å²) in [6, 6.07) is 5.69. The fraction of sp³-hybridized carbons (Fsp3) is 0.533. The first-order chi connectivity index (χ1) is 9.99. The zero-order valence-electron chi connectivity index (χ0n) is 12.5. The lowest BCUT2D eigenvalue weighted by atomic mass is 10.2.